The Balaban J connectivity index is 0.00000480. The first-order valence-electron chi connectivity index (χ1n) is 13.2. The van der Waals surface area contributed by atoms with Gasteiger partial charge in [0.05, 0.1) is 16.5 Å². The number of aliphatic imine (C=N–C) groups is 1. The van der Waals surface area contributed by atoms with E-state index in [0.717, 1.165) is 27.4 Å². The molecule has 5 rings (SSSR count). The molecule has 14 nitrogen and oxygen atoms in total. The molecule has 0 unspecified atom stereocenters. The van der Waals surface area contributed by atoms with Crippen LogP contribution in [0, 0.1) is 0 Å². The van der Waals surface area contributed by atoms with E-state index < -0.39 is 35.1 Å². The second kappa shape index (κ2) is 15.6. The normalized spacial score (nSPS) is 17.5. The predicted molar refractivity (Wildman–Crippen MR) is 166 cm³/mol. The molecule has 2 aliphatic rings. The number of thiazole rings is 1. The number of amides is 3. The number of carbonyl (C=O) groups excluding carboxylic acids is 4. The summed E-state index contributed by atoms with van der Waals surface area (Å²) in [6, 6.07) is 5.90. The van der Waals surface area contributed by atoms with Crippen LogP contribution < -0.4 is 50.3 Å². The molecule has 46 heavy (non-hydrogen) atoms. The molecular weight excluding hydrogens is 664 g/mol. The van der Waals surface area contributed by atoms with E-state index in [-0.39, 0.29) is 64.2 Å². The Morgan fingerprint density at radius 3 is 2.70 bits per heavy atom. The number of thioether (sulfide) groups is 1. The van der Waals surface area contributed by atoms with Crippen LogP contribution in [0.4, 0.5) is 5.13 Å². The fourth-order valence-electron chi connectivity index (χ4n) is 4.49. The van der Waals surface area contributed by atoms with E-state index in [1.165, 1.54) is 34.5 Å². The number of rotatable bonds is 11. The molecule has 1 saturated heterocycles. The van der Waals surface area contributed by atoms with Crippen molar-refractivity contribution in [3.8, 4) is 11.1 Å². The number of aromatic nitrogens is 2. The van der Waals surface area contributed by atoms with Gasteiger partial charge in [-0.05, 0) is 41.1 Å². The van der Waals surface area contributed by atoms with Crippen LogP contribution in [-0.2, 0) is 25.8 Å². The number of nitrogens with one attached hydrogen (secondary N) is 1. The van der Waals surface area contributed by atoms with Crippen LogP contribution in [0.15, 0.2) is 74.9 Å². The number of β-lactam (4-membered cyclic amide) rings is 1. The monoisotopic (exact) mass is 686 g/mol. The van der Waals surface area contributed by atoms with Crippen molar-refractivity contribution in [2.75, 3.05) is 18.1 Å². The summed E-state index contributed by atoms with van der Waals surface area (Å²) in [5.41, 5.74) is 7.57. The number of oxime groups is 1. The van der Waals surface area contributed by atoms with Gasteiger partial charge in [0.2, 0.25) is 0 Å². The SMILES string of the molecule is CCO/N=C(\C(=O)N[C@@H]1C(=O)N2C(C(=O)[O-])=C(/C=C/C[n+]3ccc(-c4csc(C(=O)N=C=[N-])c4)cc3)CS[C@H]12)c1csc(N)n1.[Na+]. The second-order valence-electron chi connectivity index (χ2n) is 9.35. The summed E-state index contributed by atoms with van der Waals surface area (Å²) in [7, 11) is 0. The van der Waals surface area contributed by atoms with Crippen LogP contribution in [0.2, 0.25) is 0 Å². The molecule has 0 spiro atoms. The van der Waals surface area contributed by atoms with Gasteiger partial charge in [-0.15, -0.1) is 40.4 Å². The molecule has 230 valence electrons. The summed E-state index contributed by atoms with van der Waals surface area (Å²) in [6.07, 6.45) is 7.06. The number of nitrogen functional groups attached to an aromatic ring is 1. The summed E-state index contributed by atoms with van der Waals surface area (Å²) in [5, 5.41) is 30.1. The van der Waals surface area contributed by atoms with Gasteiger partial charge >= 0.3 is 29.6 Å². The van der Waals surface area contributed by atoms with E-state index in [1.807, 2.05) is 29.1 Å². The minimum atomic E-state index is -1.50. The van der Waals surface area contributed by atoms with Gasteiger partial charge in [0.15, 0.2) is 35.7 Å². The molecule has 2 aliphatic heterocycles. The minimum absolute atomic E-state index is 0. The van der Waals surface area contributed by atoms with E-state index in [2.05, 4.69) is 20.4 Å². The van der Waals surface area contributed by atoms with Crippen molar-refractivity contribution < 1.29 is 63.2 Å². The van der Waals surface area contributed by atoms with Crippen LogP contribution in [0.1, 0.15) is 22.3 Å². The standard InChI is InChI=1S/C28H24N8O6S3.Na/c1-2-42-34-20(18-13-45-28(30)32-18)24(38)33-21-25(39)36-22(27(40)41)16(11-44-26(21)36)4-3-7-35-8-5-15(6-9-35)17-10-19(43-12-17)23(37)31-14-29;/h3-6,8-10,12-13,21,26H,2,7,11H2,1H3,(H2,30,32)(H,33,38)(H,40,41);/q;+1/p-1/b4-3+,34-20-;/t21-,26-;/m1./s1. The van der Waals surface area contributed by atoms with Crippen LogP contribution in [0.5, 0.6) is 0 Å². The average molecular weight is 687 g/mol. The van der Waals surface area contributed by atoms with Gasteiger partial charge in [-0.3, -0.25) is 19.3 Å². The van der Waals surface area contributed by atoms with E-state index in [1.54, 1.807) is 30.5 Å². The third-order valence-corrected chi connectivity index (χ3v) is 9.46. The number of pyridine rings is 1. The number of hydrogen-bond donors (Lipinski definition) is 2. The first kappa shape index (κ1) is 34.9. The molecule has 3 amide bonds. The number of carboxylic acids is 1. The molecule has 1 fully saturated rings. The molecule has 3 aromatic heterocycles. The molecule has 0 aliphatic carbocycles. The molecule has 18 heteroatoms. The summed E-state index contributed by atoms with van der Waals surface area (Å²) >= 11 is 3.63. The second-order valence-corrected chi connectivity index (χ2v) is 12.3. The van der Waals surface area contributed by atoms with Crippen molar-refractivity contribution in [2.45, 2.75) is 24.9 Å². The van der Waals surface area contributed by atoms with E-state index in [0.29, 0.717) is 17.0 Å². The van der Waals surface area contributed by atoms with Crippen molar-refractivity contribution in [1.29, 1.82) is 0 Å². The van der Waals surface area contributed by atoms with Crippen LogP contribution in [0.3, 0.4) is 0 Å². The molecule has 3 N–H and O–H groups in total. The molecular formula is C28H23N8NaO6S3. The smallest absolute Gasteiger partial charge is 0.543 e. The van der Waals surface area contributed by atoms with Gasteiger partial charge < -0.3 is 36.2 Å². The number of thiophene rings is 1. The Hall–Kier alpha value is -3.96. The van der Waals surface area contributed by atoms with Gasteiger partial charge in [0.25, 0.3) is 11.8 Å². The zero-order chi connectivity index (χ0) is 32.1. The van der Waals surface area contributed by atoms with Crippen LogP contribution in [-0.4, -0.2) is 69.1 Å². The maximum absolute atomic E-state index is 13.1. The summed E-state index contributed by atoms with van der Waals surface area (Å²) in [6.45, 7) is 2.30. The predicted octanol–water partition coefficient (Wildman–Crippen LogP) is -1.97. The van der Waals surface area contributed by atoms with Gasteiger partial charge in [-0.2, -0.15) is 0 Å². The van der Waals surface area contributed by atoms with Gasteiger partial charge in [-0.1, -0.05) is 11.2 Å². The van der Waals surface area contributed by atoms with E-state index in [4.69, 9.17) is 16.0 Å². The first-order chi connectivity index (χ1) is 21.7. The number of aliphatic carboxylic acids is 1. The number of nitrogens with zero attached hydrogens (tertiary/aromatic N) is 6. The maximum atomic E-state index is 13.1. The van der Waals surface area contributed by atoms with Crippen molar-refractivity contribution in [3.05, 3.63) is 80.8 Å². The summed E-state index contributed by atoms with van der Waals surface area (Å²) in [5.74, 6) is -3.11. The first-order valence-corrected chi connectivity index (χ1v) is 16.0. The zero-order valence-electron chi connectivity index (χ0n) is 24.4. The van der Waals surface area contributed by atoms with E-state index in [9.17, 15) is 24.3 Å². The van der Waals surface area contributed by atoms with Gasteiger partial charge in [0.1, 0.15) is 23.7 Å². The van der Waals surface area contributed by atoms with Crippen molar-refractivity contribution >= 4 is 75.0 Å². The Labute approximate surface area is 296 Å². The molecule has 0 saturated carbocycles. The third kappa shape index (κ3) is 7.53. The molecule has 0 radical (unpaired) electrons. The minimum Gasteiger partial charge on any atom is -0.543 e. The number of fused-ring (bicyclic) bond motifs is 1. The topological polar surface area (TPSA) is 206 Å². The Morgan fingerprint density at radius 1 is 1.28 bits per heavy atom. The third-order valence-electron chi connectivity index (χ3n) is 6.56. The fraction of sp³-hybridized carbons (Fsp3) is 0.214. The van der Waals surface area contributed by atoms with Gasteiger partial charge in [0, 0.05) is 23.3 Å². The number of nitrogens with two attached hydrogens (primary N) is 1. The zero-order valence-corrected chi connectivity index (χ0v) is 28.9. The fourth-order valence-corrected chi connectivity index (χ4v) is 7.15. The van der Waals surface area contributed by atoms with Crippen molar-refractivity contribution in [2.24, 2.45) is 10.1 Å². The Bertz CT molecular complexity index is 1810. The van der Waals surface area contributed by atoms with Crippen molar-refractivity contribution in [3.63, 3.8) is 0 Å². The summed E-state index contributed by atoms with van der Waals surface area (Å²) < 4.78 is 1.86. The van der Waals surface area contributed by atoms with Crippen molar-refractivity contribution in [1.82, 2.24) is 15.2 Å². The Morgan fingerprint density at radius 2 is 2.04 bits per heavy atom. The molecule has 0 bridgehead atoms. The number of anilines is 1. The number of hydrogen-bond acceptors (Lipinski definition) is 12. The number of carboxylic acid groups (broad SMARTS) is 1. The van der Waals surface area contributed by atoms with Crippen LogP contribution >= 0.6 is 34.4 Å². The molecule has 3 aromatic rings. The molecule has 0 aromatic carbocycles. The largest absolute Gasteiger partial charge is 1.00 e. The quantitative estimate of drug-likeness (QED) is 0.0754. The van der Waals surface area contributed by atoms with E-state index >= 15 is 0 Å². The molecule has 5 heterocycles. The van der Waals surface area contributed by atoms with Gasteiger partial charge in [-0.25, -0.2) is 9.55 Å². The molecule has 2 atom stereocenters. The number of allylic oxidation sites excluding steroid dienone is 2. The number of carbonyl (C=O) groups is 4. The maximum Gasteiger partial charge on any atom is 1.00 e. The Kier molecular flexibility index (Phi) is 11.8. The summed E-state index contributed by atoms with van der Waals surface area (Å²) in [4.78, 5) is 63.9. The average Bonchev–Trinajstić information content (AvgIpc) is 3.70. The van der Waals surface area contributed by atoms with Crippen LogP contribution in [0.25, 0.3) is 16.5 Å².